The van der Waals surface area contributed by atoms with Crippen molar-refractivity contribution in [3.05, 3.63) is 40.8 Å². The van der Waals surface area contributed by atoms with Gasteiger partial charge in [-0.3, -0.25) is 4.68 Å². The minimum atomic E-state index is -0.218. The largest absolute Gasteiger partial charge is 0.314 e. The van der Waals surface area contributed by atoms with Crippen molar-refractivity contribution in [3.8, 4) is 0 Å². The third kappa shape index (κ3) is 1.91. The first-order chi connectivity index (χ1) is 8.11. The van der Waals surface area contributed by atoms with E-state index in [0.29, 0.717) is 12.5 Å². The van der Waals surface area contributed by atoms with Crippen molar-refractivity contribution in [1.82, 2.24) is 9.78 Å². The van der Waals surface area contributed by atoms with Gasteiger partial charge in [0.05, 0.1) is 19.0 Å². The van der Waals surface area contributed by atoms with Gasteiger partial charge in [0.2, 0.25) is 12.6 Å². The first kappa shape index (κ1) is 11.7. The molecule has 0 atom stereocenters. The molecule has 1 aliphatic rings. The van der Waals surface area contributed by atoms with Gasteiger partial charge < -0.3 is 9.69 Å². The van der Waals surface area contributed by atoms with Crippen LogP contribution in [0.4, 0.5) is 0 Å². The Morgan fingerprint density at radius 1 is 1.53 bits per heavy atom. The maximum absolute atomic E-state index is 7.07. The second-order valence-corrected chi connectivity index (χ2v) is 5.10. The predicted molar refractivity (Wildman–Crippen MR) is 65.4 cm³/mol. The highest BCUT2D eigenvalue weighted by molar-refractivity contribution is 5.15. The van der Waals surface area contributed by atoms with Crippen LogP contribution in [0.25, 0.3) is 9.69 Å². The fraction of sp³-hybridized carbons (Fsp3) is 0.615. The number of rotatable bonds is 3. The molecule has 0 unspecified atom stereocenters. The van der Waals surface area contributed by atoms with Gasteiger partial charge >= 0.3 is 0 Å². The van der Waals surface area contributed by atoms with Crippen LogP contribution in [0.2, 0.25) is 0 Å². The smallest absolute Gasteiger partial charge is 0.240 e. The molecule has 1 aromatic rings. The summed E-state index contributed by atoms with van der Waals surface area (Å²) in [4.78, 5) is 7.06. The lowest BCUT2D eigenvalue weighted by Gasteiger charge is -2.37. The van der Waals surface area contributed by atoms with E-state index in [1.54, 1.807) is 0 Å². The van der Waals surface area contributed by atoms with Crippen LogP contribution in [0, 0.1) is 13.1 Å². The average molecular weight is 228 g/mol. The minimum absolute atomic E-state index is 0.0726. The highest BCUT2D eigenvalue weighted by atomic mass is 15.3. The summed E-state index contributed by atoms with van der Waals surface area (Å²) >= 11 is 0. The molecular weight excluding hydrogens is 212 g/mol. The Labute approximate surface area is 102 Å². The van der Waals surface area contributed by atoms with Crippen molar-refractivity contribution < 1.29 is 0 Å². The molecule has 2 rings (SSSR count). The third-order valence-corrected chi connectivity index (χ3v) is 3.54. The summed E-state index contributed by atoms with van der Waals surface area (Å²) in [6.07, 6.45) is 5.44. The number of hydrogen-bond donors (Lipinski definition) is 0. The Kier molecular flexibility index (Phi) is 2.90. The van der Waals surface area contributed by atoms with Crippen molar-refractivity contribution >= 4 is 0 Å². The third-order valence-electron chi connectivity index (χ3n) is 3.54. The van der Waals surface area contributed by atoms with Crippen LogP contribution in [-0.2, 0) is 5.54 Å². The summed E-state index contributed by atoms with van der Waals surface area (Å²) in [7, 11) is 0. The van der Waals surface area contributed by atoms with Crippen molar-refractivity contribution in [2.24, 2.45) is 0 Å². The fourth-order valence-corrected chi connectivity index (χ4v) is 2.34. The normalized spacial score (nSPS) is 27.2. The lowest BCUT2D eigenvalue weighted by atomic mass is 9.73. The molecule has 0 aliphatic heterocycles. The average Bonchev–Trinajstić information content (AvgIpc) is 2.72. The van der Waals surface area contributed by atoms with Crippen LogP contribution in [-0.4, -0.2) is 22.4 Å². The molecule has 0 radical (unpaired) electrons. The zero-order valence-electron chi connectivity index (χ0n) is 10.2. The monoisotopic (exact) mass is 228 g/mol. The summed E-state index contributed by atoms with van der Waals surface area (Å²) in [6, 6.07) is 0.0726. The quantitative estimate of drug-likeness (QED) is 0.731. The van der Waals surface area contributed by atoms with Gasteiger partial charge in [-0.1, -0.05) is 13.8 Å². The van der Waals surface area contributed by atoms with E-state index in [0.717, 1.165) is 12.8 Å². The molecular formula is C13H16N4. The van der Waals surface area contributed by atoms with Crippen LogP contribution in [0.3, 0.4) is 0 Å². The molecule has 1 fully saturated rings. The molecule has 1 saturated carbocycles. The van der Waals surface area contributed by atoms with Crippen molar-refractivity contribution in [2.75, 3.05) is 6.54 Å². The van der Waals surface area contributed by atoms with Gasteiger partial charge in [-0.05, 0) is 11.5 Å². The zero-order valence-corrected chi connectivity index (χ0v) is 10.2. The first-order valence-electron chi connectivity index (χ1n) is 5.86. The van der Waals surface area contributed by atoms with E-state index in [2.05, 4.69) is 28.6 Å². The Hall–Kier alpha value is -1.81. The van der Waals surface area contributed by atoms with Crippen LogP contribution < -0.4 is 0 Å². The predicted octanol–water partition coefficient (Wildman–Crippen LogP) is 2.70. The van der Waals surface area contributed by atoms with Gasteiger partial charge in [-0.2, -0.15) is 5.10 Å². The number of aromatic nitrogens is 2. The van der Waals surface area contributed by atoms with E-state index in [9.17, 15) is 0 Å². The SMILES string of the molecule is [C-]#[N+]C[C@]1(n2cc(C(C)C)cn2)C[C@H]([N+]#[C-])C1. The Morgan fingerprint density at radius 3 is 2.71 bits per heavy atom. The summed E-state index contributed by atoms with van der Waals surface area (Å²) < 4.78 is 1.92. The molecule has 1 heterocycles. The van der Waals surface area contributed by atoms with E-state index in [4.69, 9.17) is 13.1 Å². The molecule has 4 nitrogen and oxygen atoms in total. The number of nitrogens with zero attached hydrogens (tertiary/aromatic N) is 4. The molecule has 0 saturated heterocycles. The minimum Gasteiger partial charge on any atom is -0.314 e. The highest BCUT2D eigenvalue weighted by Gasteiger charge is 2.53. The summed E-state index contributed by atoms with van der Waals surface area (Å²) in [6.45, 7) is 18.8. The second-order valence-electron chi connectivity index (χ2n) is 5.10. The Morgan fingerprint density at radius 2 is 2.24 bits per heavy atom. The molecule has 1 aromatic heterocycles. The topological polar surface area (TPSA) is 26.5 Å². The first-order valence-corrected chi connectivity index (χ1v) is 5.86. The molecule has 17 heavy (non-hydrogen) atoms. The molecule has 0 spiro atoms. The summed E-state index contributed by atoms with van der Waals surface area (Å²) in [5.74, 6) is 0.450. The standard InChI is InChI=1S/C13H16N4/c1-10(2)11-7-16-17(8-11)13(9-14-3)5-12(6-13)15-4/h7-8,10,12H,5-6,9H2,1-2H3/t12-,13-. The van der Waals surface area contributed by atoms with Gasteiger partial charge in [0, 0.05) is 6.20 Å². The van der Waals surface area contributed by atoms with Crippen molar-refractivity contribution in [2.45, 2.75) is 44.2 Å². The van der Waals surface area contributed by atoms with E-state index in [1.807, 2.05) is 17.1 Å². The molecule has 0 bridgehead atoms. The van der Waals surface area contributed by atoms with Gasteiger partial charge in [0.1, 0.15) is 5.54 Å². The maximum Gasteiger partial charge on any atom is 0.240 e. The Balaban J connectivity index is 2.23. The molecule has 0 amide bonds. The van der Waals surface area contributed by atoms with Gasteiger partial charge in [-0.25, -0.2) is 13.1 Å². The molecule has 0 N–H and O–H groups in total. The zero-order chi connectivity index (χ0) is 12.5. The second kappa shape index (κ2) is 4.22. The lowest BCUT2D eigenvalue weighted by molar-refractivity contribution is 0.134. The van der Waals surface area contributed by atoms with Crippen LogP contribution >= 0.6 is 0 Å². The van der Waals surface area contributed by atoms with Gasteiger partial charge in [0.15, 0.2) is 0 Å². The van der Waals surface area contributed by atoms with Gasteiger partial charge in [-0.15, -0.1) is 0 Å². The van der Waals surface area contributed by atoms with Crippen molar-refractivity contribution in [1.29, 1.82) is 0 Å². The summed E-state index contributed by atoms with van der Waals surface area (Å²) in [5, 5.41) is 4.39. The molecule has 88 valence electrons. The van der Waals surface area contributed by atoms with Crippen molar-refractivity contribution in [3.63, 3.8) is 0 Å². The lowest BCUT2D eigenvalue weighted by Crippen LogP contribution is -2.50. The number of hydrogen-bond acceptors (Lipinski definition) is 1. The summed E-state index contributed by atoms with van der Waals surface area (Å²) in [5.41, 5.74) is 0.977. The maximum atomic E-state index is 7.07. The van der Waals surface area contributed by atoms with E-state index >= 15 is 0 Å². The Bertz CT molecular complexity index is 480. The van der Waals surface area contributed by atoms with E-state index in [-0.39, 0.29) is 11.6 Å². The van der Waals surface area contributed by atoms with Crippen LogP contribution in [0.1, 0.15) is 38.2 Å². The molecule has 0 aromatic carbocycles. The molecule has 4 heteroatoms. The van der Waals surface area contributed by atoms with Crippen LogP contribution in [0.5, 0.6) is 0 Å². The van der Waals surface area contributed by atoms with Gasteiger partial charge in [0.25, 0.3) is 0 Å². The van der Waals surface area contributed by atoms with Crippen LogP contribution in [0.15, 0.2) is 12.4 Å². The van der Waals surface area contributed by atoms with E-state index < -0.39 is 0 Å². The fourth-order valence-electron chi connectivity index (χ4n) is 2.34. The van der Waals surface area contributed by atoms with E-state index in [1.165, 1.54) is 5.56 Å². The molecule has 1 aliphatic carbocycles. The highest BCUT2D eigenvalue weighted by Crippen LogP contribution is 2.41.